The van der Waals surface area contributed by atoms with Crippen LogP contribution in [-0.2, 0) is 42.8 Å². The lowest BCUT2D eigenvalue weighted by molar-refractivity contribution is -0.320. The lowest BCUT2D eigenvalue weighted by Crippen LogP contribution is -2.61. The van der Waals surface area contributed by atoms with Crippen molar-refractivity contribution in [2.75, 3.05) is 75.1 Å². The molecule has 0 bridgehead atoms. The van der Waals surface area contributed by atoms with Gasteiger partial charge in [-0.2, -0.15) is 0 Å². The van der Waals surface area contributed by atoms with Gasteiger partial charge in [-0.1, -0.05) is 20.8 Å². The molecule has 0 unspecified atom stereocenters. The second-order valence-electron chi connectivity index (χ2n) is 17.3. The smallest absolute Gasteiger partial charge is 0.241 e. The van der Waals surface area contributed by atoms with Crippen molar-refractivity contribution in [1.29, 1.82) is 0 Å². The molecule has 0 aromatic heterocycles. The molecule has 16 heteroatoms. The number of aliphatic hydroxyl groups excluding tert-OH is 1. The standard InChI is InChI=1S/C39H73N5O11/c1-23-18-38(6,49)35(55-37-33(28(43(10)11)17-24(2)52-37)51-16-14-15-40-29(45)22-42(8)9)25(3)32(26(4)36(48)41-20-30(46)44(12)21-23)54-31-19-39(7,50-13)34(47)27(5)53-31/h23-28,31-35,37,47,49H,14-22H2,1-13H3,(H,40,45)(H,41,48)/t23-,24-,25+,26-,27+,28+,31+,32+,33-,34+,35-,37+,38-,39-/m1/s1. The van der Waals surface area contributed by atoms with E-state index in [1.54, 1.807) is 44.5 Å². The van der Waals surface area contributed by atoms with Crippen LogP contribution in [0.1, 0.15) is 74.1 Å². The third-order valence-electron chi connectivity index (χ3n) is 11.4. The maximum absolute atomic E-state index is 13.8. The summed E-state index contributed by atoms with van der Waals surface area (Å²) in [6.45, 7) is 14.0. The molecular weight excluding hydrogens is 714 g/mol. The molecule has 3 aliphatic heterocycles. The topological polar surface area (TPSA) is 181 Å². The summed E-state index contributed by atoms with van der Waals surface area (Å²) in [4.78, 5) is 44.5. The van der Waals surface area contributed by atoms with E-state index in [0.29, 0.717) is 39.1 Å². The molecule has 3 amide bonds. The predicted octanol–water partition coefficient (Wildman–Crippen LogP) is 0.814. The minimum atomic E-state index is -1.51. The Morgan fingerprint density at radius 2 is 1.71 bits per heavy atom. The number of hydrogen-bond acceptors (Lipinski definition) is 13. The van der Waals surface area contributed by atoms with Gasteiger partial charge in [-0.15, -0.1) is 0 Å². The summed E-state index contributed by atoms with van der Waals surface area (Å²) in [6.07, 6.45) is -4.32. The van der Waals surface area contributed by atoms with Crippen molar-refractivity contribution in [3.63, 3.8) is 0 Å². The number of ether oxygens (including phenoxy) is 6. The molecule has 0 saturated carbocycles. The average molecular weight is 788 g/mol. The lowest BCUT2D eigenvalue weighted by Gasteiger charge is -2.49. The Morgan fingerprint density at radius 1 is 1.04 bits per heavy atom. The first-order chi connectivity index (χ1) is 25.6. The highest BCUT2D eigenvalue weighted by molar-refractivity contribution is 5.86. The number of nitrogens with one attached hydrogen (secondary N) is 2. The Hall–Kier alpha value is -1.99. The number of carbonyl (C=O) groups is 3. The molecule has 3 aliphatic rings. The fraction of sp³-hybridized carbons (Fsp3) is 0.923. The Balaban J connectivity index is 2.02. The van der Waals surface area contributed by atoms with Gasteiger partial charge in [0.15, 0.2) is 12.6 Å². The van der Waals surface area contributed by atoms with Gasteiger partial charge in [0.1, 0.15) is 12.2 Å². The molecule has 14 atom stereocenters. The van der Waals surface area contributed by atoms with Crippen LogP contribution < -0.4 is 10.6 Å². The molecule has 3 fully saturated rings. The van der Waals surface area contributed by atoms with Crippen molar-refractivity contribution >= 4 is 17.7 Å². The Morgan fingerprint density at radius 3 is 2.33 bits per heavy atom. The summed E-state index contributed by atoms with van der Waals surface area (Å²) in [5, 5.41) is 29.2. The first kappa shape index (κ1) is 47.4. The number of methoxy groups -OCH3 is 1. The zero-order valence-corrected chi connectivity index (χ0v) is 35.7. The monoisotopic (exact) mass is 788 g/mol. The van der Waals surface area contributed by atoms with Gasteiger partial charge in [-0.3, -0.25) is 14.4 Å². The van der Waals surface area contributed by atoms with E-state index in [4.69, 9.17) is 28.4 Å². The number of nitrogens with zero attached hydrogens (tertiary/aromatic N) is 3. The summed E-state index contributed by atoms with van der Waals surface area (Å²) in [7, 11) is 10.9. The zero-order chi connectivity index (χ0) is 41.4. The van der Waals surface area contributed by atoms with Crippen LogP contribution in [0.15, 0.2) is 0 Å². The molecule has 16 nitrogen and oxygen atoms in total. The first-order valence-corrected chi connectivity index (χ1v) is 19.9. The van der Waals surface area contributed by atoms with Gasteiger partial charge in [0.25, 0.3) is 0 Å². The Kier molecular flexibility index (Phi) is 17.8. The minimum absolute atomic E-state index is 0.0674. The van der Waals surface area contributed by atoms with Crippen molar-refractivity contribution in [2.24, 2.45) is 17.8 Å². The lowest BCUT2D eigenvalue weighted by atomic mass is 9.77. The predicted molar refractivity (Wildman–Crippen MR) is 206 cm³/mol. The third kappa shape index (κ3) is 13.0. The van der Waals surface area contributed by atoms with Crippen molar-refractivity contribution in [1.82, 2.24) is 25.3 Å². The number of aliphatic hydroxyl groups is 2. The normalized spacial score (nSPS) is 40.0. The maximum atomic E-state index is 13.8. The maximum Gasteiger partial charge on any atom is 0.241 e. The van der Waals surface area contributed by atoms with E-state index < -0.39 is 72.0 Å². The highest BCUT2D eigenvalue weighted by atomic mass is 16.7. The number of likely N-dealkylation sites (N-methyl/N-ethyl adjacent to an activating group) is 3. The van der Waals surface area contributed by atoms with Crippen molar-refractivity contribution in [2.45, 2.75) is 141 Å². The van der Waals surface area contributed by atoms with Crippen molar-refractivity contribution in [3.05, 3.63) is 0 Å². The Bertz CT molecular complexity index is 1240. The fourth-order valence-electron chi connectivity index (χ4n) is 8.37. The molecule has 3 saturated heterocycles. The van der Waals surface area contributed by atoms with Crippen LogP contribution in [0.5, 0.6) is 0 Å². The van der Waals surface area contributed by atoms with E-state index in [-0.39, 0.29) is 49.3 Å². The molecule has 3 rings (SSSR count). The summed E-state index contributed by atoms with van der Waals surface area (Å²) in [5.41, 5.74) is -2.49. The minimum Gasteiger partial charge on any atom is -0.387 e. The molecule has 3 heterocycles. The number of carbonyl (C=O) groups excluding carboxylic acids is 3. The largest absolute Gasteiger partial charge is 0.387 e. The van der Waals surface area contributed by atoms with E-state index in [2.05, 4.69) is 15.5 Å². The molecular formula is C39H73N5O11. The summed E-state index contributed by atoms with van der Waals surface area (Å²) < 4.78 is 38.7. The molecule has 0 spiro atoms. The van der Waals surface area contributed by atoms with Gasteiger partial charge < -0.3 is 64.0 Å². The second kappa shape index (κ2) is 20.6. The van der Waals surface area contributed by atoms with E-state index in [1.807, 2.05) is 49.0 Å². The third-order valence-corrected chi connectivity index (χ3v) is 11.4. The van der Waals surface area contributed by atoms with Crippen LogP contribution in [0.4, 0.5) is 0 Å². The summed E-state index contributed by atoms with van der Waals surface area (Å²) in [5.74, 6) is -2.36. The summed E-state index contributed by atoms with van der Waals surface area (Å²) in [6, 6.07) is -0.0993. The van der Waals surface area contributed by atoms with Gasteiger partial charge >= 0.3 is 0 Å². The van der Waals surface area contributed by atoms with E-state index in [9.17, 15) is 24.6 Å². The fourth-order valence-corrected chi connectivity index (χ4v) is 8.37. The van der Waals surface area contributed by atoms with Crippen LogP contribution >= 0.6 is 0 Å². The van der Waals surface area contributed by atoms with E-state index in [1.165, 1.54) is 7.11 Å². The molecule has 55 heavy (non-hydrogen) atoms. The van der Waals surface area contributed by atoms with Gasteiger partial charge in [0, 0.05) is 52.2 Å². The molecule has 4 N–H and O–H groups in total. The van der Waals surface area contributed by atoms with Crippen molar-refractivity contribution < 1.29 is 53.0 Å². The second-order valence-corrected chi connectivity index (χ2v) is 17.3. The highest BCUT2D eigenvalue weighted by Crippen LogP contribution is 2.39. The van der Waals surface area contributed by atoms with Gasteiger partial charge in [0.05, 0.1) is 54.6 Å². The number of rotatable bonds is 13. The van der Waals surface area contributed by atoms with E-state index in [0.717, 1.165) is 0 Å². The van der Waals surface area contributed by atoms with Crippen LogP contribution in [0.25, 0.3) is 0 Å². The van der Waals surface area contributed by atoms with Crippen LogP contribution in [0.2, 0.25) is 0 Å². The van der Waals surface area contributed by atoms with Gasteiger partial charge in [-0.05, 0) is 81.1 Å². The highest BCUT2D eigenvalue weighted by Gasteiger charge is 2.51. The Labute approximate surface area is 329 Å². The molecule has 0 aromatic rings. The summed E-state index contributed by atoms with van der Waals surface area (Å²) >= 11 is 0. The average Bonchev–Trinajstić information content (AvgIpc) is 3.09. The first-order valence-electron chi connectivity index (χ1n) is 19.9. The number of hydrogen-bond donors (Lipinski definition) is 4. The SMILES string of the molecule is CO[C@]1(C)C[C@H](O[C@H]2[C@H](C)[C@@H](O[C@@H]3O[C@H](C)C[C@H](N(C)C)[C@H]3OCCCNC(=O)CN(C)C)[C@](C)(O)C[C@@H](C)CN(C)C(=O)CNC(=O)[C@@H]2C)O[C@@H](C)[C@@H]1O. The zero-order valence-electron chi connectivity index (χ0n) is 35.7. The molecule has 0 aliphatic carbocycles. The van der Waals surface area contributed by atoms with Crippen LogP contribution in [0.3, 0.4) is 0 Å². The molecule has 0 radical (unpaired) electrons. The molecule has 320 valence electrons. The molecule has 0 aromatic carbocycles. The quantitative estimate of drug-likeness (QED) is 0.193. The van der Waals surface area contributed by atoms with Gasteiger partial charge in [0.2, 0.25) is 17.7 Å². The van der Waals surface area contributed by atoms with Crippen LogP contribution in [0, 0.1) is 17.8 Å². The van der Waals surface area contributed by atoms with Crippen LogP contribution in [-0.4, -0.2) is 184 Å². The van der Waals surface area contributed by atoms with Crippen molar-refractivity contribution in [3.8, 4) is 0 Å². The van der Waals surface area contributed by atoms with Gasteiger partial charge in [-0.25, -0.2) is 0 Å². The number of amides is 3. The van der Waals surface area contributed by atoms with E-state index >= 15 is 0 Å².